The highest BCUT2D eigenvalue weighted by Gasteiger charge is 2.02. The van der Waals surface area contributed by atoms with Gasteiger partial charge in [-0.25, -0.2) is 9.38 Å². The third kappa shape index (κ3) is 5.05. The molecule has 1 aromatic carbocycles. The van der Waals surface area contributed by atoms with Crippen molar-refractivity contribution in [2.45, 2.75) is 25.9 Å². The molecule has 80 valence electrons. The Balaban J connectivity index is 2.34. The van der Waals surface area contributed by atoms with Crippen LogP contribution in [0.5, 0.6) is 0 Å². The highest BCUT2D eigenvalue weighted by molar-refractivity contribution is 5.86. The number of alkyl halides is 1. The summed E-state index contributed by atoms with van der Waals surface area (Å²) in [6.45, 7) is 1.53. The first-order valence-corrected chi connectivity index (χ1v) is 4.96. The van der Waals surface area contributed by atoms with E-state index in [4.69, 9.17) is 5.41 Å². The molecule has 0 spiro atoms. The van der Waals surface area contributed by atoms with Gasteiger partial charge in [0, 0.05) is 6.21 Å². The minimum atomic E-state index is -1.06. The van der Waals surface area contributed by atoms with Crippen molar-refractivity contribution < 1.29 is 4.39 Å². The van der Waals surface area contributed by atoms with E-state index in [0.29, 0.717) is 12.8 Å². The minimum Gasteiger partial charge on any atom is -0.287 e. The van der Waals surface area contributed by atoms with Gasteiger partial charge in [0.25, 0.3) is 0 Å². The summed E-state index contributed by atoms with van der Waals surface area (Å²) < 4.78 is 13.2. The van der Waals surface area contributed by atoms with Gasteiger partial charge in [0.05, 0.1) is 0 Å². The quantitative estimate of drug-likeness (QED) is 0.580. The predicted molar refractivity (Wildman–Crippen MR) is 61.6 cm³/mol. The number of aryl methyl sites for hydroxylation is 1. The fraction of sp³-hybridized carbons (Fsp3) is 0.333. The Bertz CT molecular complexity index is 333. The zero-order valence-electron chi connectivity index (χ0n) is 8.78. The van der Waals surface area contributed by atoms with Crippen LogP contribution in [0.3, 0.4) is 0 Å². The van der Waals surface area contributed by atoms with Gasteiger partial charge in [-0.3, -0.25) is 5.41 Å². The topological polar surface area (TPSA) is 36.2 Å². The average Bonchev–Trinajstić information content (AvgIpc) is 2.25. The molecule has 1 aromatic rings. The number of hydrogen-bond acceptors (Lipinski definition) is 1. The summed E-state index contributed by atoms with van der Waals surface area (Å²) in [5.74, 6) is 0.136. The van der Waals surface area contributed by atoms with E-state index in [1.807, 2.05) is 30.3 Å². The summed E-state index contributed by atoms with van der Waals surface area (Å²) in [6, 6.07) is 9.78. The van der Waals surface area contributed by atoms with Crippen molar-refractivity contribution in [1.82, 2.24) is 0 Å². The monoisotopic (exact) mass is 206 g/mol. The first kappa shape index (κ1) is 11.6. The molecule has 1 rings (SSSR count). The molecule has 0 fully saturated rings. The number of hydrogen-bond donors (Lipinski definition) is 1. The number of benzene rings is 1. The van der Waals surface area contributed by atoms with E-state index in [1.165, 1.54) is 13.1 Å². The molecule has 0 bridgehead atoms. The van der Waals surface area contributed by atoms with E-state index in [2.05, 4.69) is 4.99 Å². The first-order valence-electron chi connectivity index (χ1n) is 4.96. The Morgan fingerprint density at radius 3 is 2.73 bits per heavy atom. The summed E-state index contributed by atoms with van der Waals surface area (Å²) in [6.07, 6.45) is 1.25. The summed E-state index contributed by atoms with van der Waals surface area (Å²) in [7, 11) is 0. The van der Waals surface area contributed by atoms with Crippen molar-refractivity contribution in [3.05, 3.63) is 35.9 Å². The van der Waals surface area contributed by atoms with Gasteiger partial charge in [-0.1, -0.05) is 30.3 Å². The van der Waals surface area contributed by atoms with E-state index in [-0.39, 0.29) is 5.84 Å². The van der Waals surface area contributed by atoms with Gasteiger partial charge in [0.1, 0.15) is 12.0 Å². The van der Waals surface area contributed by atoms with Crippen molar-refractivity contribution >= 4 is 12.1 Å². The summed E-state index contributed by atoms with van der Waals surface area (Å²) >= 11 is 0. The molecule has 0 amide bonds. The van der Waals surface area contributed by atoms with Gasteiger partial charge >= 0.3 is 0 Å². The zero-order valence-corrected chi connectivity index (χ0v) is 8.78. The van der Waals surface area contributed by atoms with Crippen LogP contribution in [-0.4, -0.2) is 18.2 Å². The van der Waals surface area contributed by atoms with Gasteiger partial charge in [0.2, 0.25) is 0 Å². The van der Waals surface area contributed by atoms with Gasteiger partial charge < -0.3 is 0 Å². The van der Waals surface area contributed by atoms with Crippen LogP contribution >= 0.6 is 0 Å². The van der Waals surface area contributed by atoms with Gasteiger partial charge in [-0.05, 0) is 25.3 Å². The van der Waals surface area contributed by atoms with Crippen LogP contribution in [-0.2, 0) is 6.42 Å². The molecule has 0 saturated carbocycles. The van der Waals surface area contributed by atoms with Crippen LogP contribution in [0, 0.1) is 5.41 Å². The maximum atomic E-state index is 13.2. The van der Waals surface area contributed by atoms with Crippen molar-refractivity contribution in [3.8, 4) is 0 Å². The second kappa shape index (κ2) is 6.06. The van der Waals surface area contributed by atoms with Crippen molar-refractivity contribution in [2.75, 3.05) is 0 Å². The molecule has 0 heterocycles. The van der Waals surface area contributed by atoms with Crippen molar-refractivity contribution in [1.29, 1.82) is 5.41 Å². The zero-order chi connectivity index (χ0) is 11.1. The Morgan fingerprint density at radius 2 is 2.13 bits per heavy atom. The SMILES string of the molecule is CC(=N)/N=C/[C@@H](F)CCc1ccccc1. The molecular formula is C12H15FN2. The van der Waals surface area contributed by atoms with Gasteiger partial charge in [0.15, 0.2) is 0 Å². The Kier molecular flexibility index (Phi) is 4.68. The van der Waals surface area contributed by atoms with Crippen LogP contribution in [0.2, 0.25) is 0 Å². The molecule has 3 heteroatoms. The fourth-order valence-electron chi connectivity index (χ4n) is 1.22. The second-order valence-electron chi connectivity index (χ2n) is 3.40. The highest BCUT2D eigenvalue weighted by atomic mass is 19.1. The number of halogens is 1. The average molecular weight is 206 g/mol. The maximum absolute atomic E-state index is 13.2. The largest absolute Gasteiger partial charge is 0.287 e. The smallest absolute Gasteiger partial charge is 0.136 e. The van der Waals surface area contributed by atoms with Crippen molar-refractivity contribution in [2.24, 2.45) is 4.99 Å². The number of rotatable bonds is 4. The Hall–Kier alpha value is -1.51. The molecule has 0 saturated heterocycles. The maximum Gasteiger partial charge on any atom is 0.136 e. The molecular weight excluding hydrogens is 191 g/mol. The lowest BCUT2D eigenvalue weighted by atomic mass is 10.1. The van der Waals surface area contributed by atoms with E-state index >= 15 is 0 Å². The molecule has 1 N–H and O–H groups in total. The van der Waals surface area contributed by atoms with Crippen LogP contribution in [0.4, 0.5) is 4.39 Å². The van der Waals surface area contributed by atoms with E-state index < -0.39 is 6.17 Å². The molecule has 0 unspecified atom stereocenters. The van der Waals surface area contributed by atoms with Gasteiger partial charge in [-0.15, -0.1) is 0 Å². The lowest BCUT2D eigenvalue weighted by Crippen LogP contribution is -2.04. The first-order chi connectivity index (χ1) is 7.18. The third-order valence-corrected chi connectivity index (χ3v) is 1.98. The lowest BCUT2D eigenvalue weighted by molar-refractivity contribution is 0.408. The molecule has 0 aliphatic carbocycles. The highest BCUT2D eigenvalue weighted by Crippen LogP contribution is 2.06. The number of nitrogens with zero attached hydrogens (tertiary/aromatic N) is 1. The summed E-state index contributed by atoms with van der Waals surface area (Å²) in [5.41, 5.74) is 1.13. The standard InChI is InChI=1S/C12H15FN2/c1-10(14)15-9-12(13)8-7-11-5-3-2-4-6-11/h2-6,9,12,14H,7-8H2,1H3/b14-10?,15-9+/t12-/m0/s1. The molecule has 0 aliphatic rings. The third-order valence-electron chi connectivity index (χ3n) is 1.98. The molecule has 1 atom stereocenters. The van der Waals surface area contributed by atoms with E-state index in [9.17, 15) is 4.39 Å². The number of nitrogens with one attached hydrogen (secondary N) is 1. The molecule has 0 aliphatic heterocycles. The summed E-state index contributed by atoms with van der Waals surface area (Å²) in [4.78, 5) is 3.62. The predicted octanol–water partition coefficient (Wildman–Crippen LogP) is 3.03. The van der Waals surface area contributed by atoms with Crippen LogP contribution in [0.25, 0.3) is 0 Å². The Morgan fingerprint density at radius 1 is 1.47 bits per heavy atom. The molecule has 2 nitrogen and oxygen atoms in total. The van der Waals surface area contributed by atoms with Crippen LogP contribution in [0.15, 0.2) is 35.3 Å². The molecule has 0 aromatic heterocycles. The van der Waals surface area contributed by atoms with Crippen LogP contribution in [0.1, 0.15) is 18.9 Å². The van der Waals surface area contributed by atoms with E-state index in [0.717, 1.165) is 5.56 Å². The van der Waals surface area contributed by atoms with Crippen LogP contribution < -0.4 is 0 Å². The van der Waals surface area contributed by atoms with Crippen molar-refractivity contribution in [3.63, 3.8) is 0 Å². The second-order valence-corrected chi connectivity index (χ2v) is 3.40. The number of amidine groups is 1. The minimum absolute atomic E-state index is 0.136. The Labute approximate surface area is 89.4 Å². The lowest BCUT2D eigenvalue weighted by Gasteiger charge is -2.02. The van der Waals surface area contributed by atoms with E-state index in [1.54, 1.807) is 0 Å². The molecule has 15 heavy (non-hydrogen) atoms. The number of aliphatic imine (C=N–C) groups is 1. The molecule has 0 radical (unpaired) electrons. The van der Waals surface area contributed by atoms with Gasteiger partial charge in [-0.2, -0.15) is 0 Å². The normalized spacial score (nSPS) is 12.9. The summed E-state index contributed by atoms with van der Waals surface area (Å²) in [5, 5.41) is 7.02. The fourth-order valence-corrected chi connectivity index (χ4v) is 1.22.